The number of hydrogen-bond acceptors (Lipinski definition) is 3. The SMILES string of the molecule is CCc1cc(CC/C=C(/N=Cc2cc(Cl)ccc2C)C(=O)N2CCCCC2(C)C)ccc1OC(C)C. The summed E-state index contributed by atoms with van der Waals surface area (Å²) in [6.45, 7) is 13.3. The largest absolute Gasteiger partial charge is 0.491 e. The van der Waals surface area contributed by atoms with Gasteiger partial charge in [0, 0.05) is 23.3 Å². The number of allylic oxidation sites excluding steroid dienone is 1. The number of rotatable bonds is 9. The minimum atomic E-state index is -0.168. The Labute approximate surface area is 222 Å². The Morgan fingerprint density at radius 3 is 2.67 bits per heavy atom. The van der Waals surface area contributed by atoms with Crippen LogP contribution < -0.4 is 4.74 Å². The van der Waals surface area contributed by atoms with Gasteiger partial charge in [-0.05, 0) is 114 Å². The van der Waals surface area contributed by atoms with Gasteiger partial charge in [0.2, 0.25) is 0 Å². The maximum atomic E-state index is 13.7. The number of likely N-dealkylation sites (tertiary alicyclic amines) is 1. The number of aryl methyl sites for hydroxylation is 3. The number of aliphatic imine (C=N–C) groups is 1. The fourth-order valence-electron chi connectivity index (χ4n) is 4.67. The van der Waals surface area contributed by atoms with E-state index in [-0.39, 0.29) is 17.6 Å². The fourth-order valence-corrected chi connectivity index (χ4v) is 4.85. The van der Waals surface area contributed by atoms with E-state index in [1.165, 1.54) is 11.1 Å². The first-order chi connectivity index (χ1) is 17.1. The van der Waals surface area contributed by atoms with Crippen molar-refractivity contribution in [3.05, 3.63) is 75.4 Å². The van der Waals surface area contributed by atoms with Crippen LogP contribution in [0.15, 0.2) is 53.2 Å². The van der Waals surface area contributed by atoms with Crippen molar-refractivity contribution in [1.29, 1.82) is 0 Å². The van der Waals surface area contributed by atoms with Gasteiger partial charge in [-0.25, -0.2) is 0 Å². The highest BCUT2D eigenvalue weighted by molar-refractivity contribution is 6.30. The number of benzene rings is 2. The highest BCUT2D eigenvalue weighted by atomic mass is 35.5. The normalized spacial score (nSPS) is 16.1. The fraction of sp³-hybridized carbons (Fsp3) is 0.484. The standard InChI is InChI=1S/C31H41ClN2O2/c1-7-25-19-24(14-16-29(25)36-22(2)3)11-10-12-28(30(35)34-18-9-8-17-31(34,5)6)33-21-26-20-27(32)15-13-23(26)4/h12-16,19-22H,7-11,17-18H2,1-6H3/b28-12+,33-21?. The van der Waals surface area contributed by atoms with Gasteiger partial charge in [-0.3, -0.25) is 9.79 Å². The van der Waals surface area contributed by atoms with Gasteiger partial charge in [0.1, 0.15) is 11.4 Å². The Morgan fingerprint density at radius 1 is 1.19 bits per heavy atom. The second-order valence-corrected chi connectivity index (χ2v) is 11.0. The molecule has 2 aromatic rings. The summed E-state index contributed by atoms with van der Waals surface area (Å²) in [5, 5.41) is 0.660. The molecule has 0 N–H and O–H groups in total. The Kier molecular flexibility index (Phi) is 9.78. The van der Waals surface area contributed by atoms with Crippen LogP contribution in [0.3, 0.4) is 0 Å². The third-order valence-electron chi connectivity index (χ3n) is 6.84. The zero-order valence-electron chi connectivity index (χ0n) is 22.7. The molecular formula is C31H41ClN2O2. The minimum Gasteiger partial charge on any atom is -0.491 e. The molecule has 2 aromatic carbocycles. The Morgan fingerprint density at radius 2 is 1.97 bits per heavy atom. The molecule has 5 heteroatoms. The summed E-state index contributed by atoms with van der Waals surface area (Å²) in [5.41, 5.74) is 4.78. The molecule has 0 aromatic heterocycles. The van der Waals surface area contributed by atoms with Crippen LogP contribution >= 0.6 is 11.6 Å². The molecule has 0 saturated carbocycles. The summed E-state index contributed by atoms with van der Waals surface area (Å²) < 4.78 is 5.95. The van der Waals surface area contributed by atoms with E-state index >= 15 is 0 Å². The molecule has 0 spiro atoms. The van der Waals surface area contributed by atoms with Gasteiger partial charge in [0.25, 0.3) is 5.91 Å². The second-order valence-electron chi connectivity index (χ2n) is 10.6. The predicted octanol–water partition coefficient (Wildman–Crippen LogP) is 7.72. The van der Waals surface area contributed by atoms with E-state index in [4.69, 9.17) is 21.3 Å². The molecule has 0 bridgehead atoms. The Hall–Kier alpha value is -2.59. The number of ether oxygens (including phenoxy) is 1. The van der Waals surface area contributed by atoms with E-state index in [1.54, 1.807) is 6.21 Å². The van der Waals surface area contributed by atoms with Crippen molar-refractivity contribution in [2.75, 3.05) is 6.54 Å². The molecule has 0 aliphatic carbocycles. The Balaban J connectivity index is 1.85. The number of halogens is 1. The number of carbonyl (C=O) groups is 1. The van der Waals surface area contributed by atoms with Gasteiger partial charge in [0.15, 0.2) is 0 Å². The summed E-state index contributed by atoms with van der Waals surface area (Å²) in [4.78, 5) is 20.4. The molecule has 0 unspecified atom stereocenters. The van der Waals surface area contributed by atoms with Gasteiger partial charge >= 0.3 is 0 Å². The van der Waals surface area contributed by atoms with Gasteiger partial charge in [-0.2, -0.15) is 0 Å². The maximum absolute atomic E-state index is 13.7. The minimum absolute atomic E-state index is 0.00515. The van der Waals surface area contributed by atoms with Crippen LogP contribution in [-0.2, 0) is 17.6 Å². The summed E-state index contributed by atoms with van der Waals surface area (Å²) in [6.07, 6.45) is 9.59. The lowest BCUT2D eigenvalue weighted by Crippen LogP contribution is -2.51. The molecule has 1 amide bonds. The molecule has 36 heavy (non-hydrogen) atoms. The number of nitrogens with zero attached hydrogens (tertiary/aromatic N) is 2. The van der Waals surface area contributed by atoms with Crippen molar-refractivity contribution < 1.29 is 9.53 Å². The first-order valence-electron chi connectivity index (χ1n) is 13.2. The molecule has 3 rings (SSSR count). The summed E-state index contributed by atoms with van der Waals surface area (Å²) in [7, 11) is 0. The smallest absolute Gasteiger partial charge is 0.272 e. The van der Waals surface area contributed by atoms with Crippen molar-refractivity contribution >= 4 is 23.7 Å². The molecule has 1 aliphatic heterocycles. The van der Waals surface area contributed by atoms with E-state index in [1.807, 2.05) is 49.9 Å². The first-order valence-corrected chi connectivity index (χ1v) is 13.6. The van der Waals surface area contributed by atoms with E-state index in [9.17, 15) is 4.79 Å². The van der Waals surface area contributed by atoms with Gasteiger partial charge < -0.3 is 9.64 Å². The molecule has 194 valence electrons. The van der Waals surface area contributed by atoms with Crippen LogP contribution in [0.25, 0.3) is 0 Å². The summed E-state index contributed by atoms with van der Waals surface area (Å²) in [6, 6.07) is 12.1. The van der Waals surface area contributed by atoms with E-state index in [0.29, 0.717) is 10.7 Å². The van der Waals surface area contributed by atoms with Crippen molar-refractivity contribution in [1.82, 2.24) is 4.90 Å². The molecule has 1 saturated heterocycles. The first kappa shape index (κ1) is 28.0. The predicted molar refractivity (Wildman–Crippen MR) is 151 cm³/mol. The third kappa shape index (κ3) is 7.46. The van der Waals surface area contributed by atoms with Crippen molar-refractivity contribution in [3.8, 4) is 5.75 Å². The topological polar surface area (TPSA) is 41.9 Å². The summed E-state index contributed by atoms with van der Waals surface area (Å²) in [5.74, 6) is 0.960. The number of hydrogen-bond donors (Lipinski definition) is 0. The zero-order valence-corrected chi connectivity index (χ0v) is 23.5. The number of piperidine rings is 1. The Bertz CT molecular complexity index is 1120. The average molecular weight is 509 g/mol. The lowest BCUT2D eigenvalue weighted by Gasteiger charge is -2.42. The van der Waals surface area contributed by atoms with E-state index < -0.39 is 0 Å². The average Bonchev–Trinajstić information content (AvgIpc) is 2.83. The van der Waals surface area contributed by atoms with Crippen molar-refractivity contribution in [2.45, 2.75) is 91.7 Å². The van der Waals surface area contributed by atoms with E-state index in [2.05, 4.69) is 39.0 Å². The molecular weight excluding hydrogens is 468 g/mol. The van der Waals surface area contributed by atoms with Crippen LogP contribution in [0, 0.1) is 6.92 Å². The highest BCUT2D eigenvalue weighted by Gasteiger charge is 2.34. The lowest BCUT2D eigenvalue weighted by molar-refractivity contribution is -0.134. The monoisotopic (exact) mass is 508 g/mol. The molecule has 1 heterocycles. The second kappa shape index (κ2) is 12.6. The molecule has 4 nitrogen and oxygen atoms in total. The van der Waals surface area contributed by atoms with Gasteiger partial charge in [-0.1, -0.05) is 42.8 Å². The molecule has 0 radical (unpaired) electrons. The quantitative estimate of drug-likeness (QED) is 0.257. The zero-order chi connectivity index (χ0) is 26.3. The molecule has 1 aliphatic rings. The lowest BCUT2D eigenvalue weighted by atomic mass is 9.90. The summed E-state index contributed by atoms with van der Waals surface area (Å²) >= 11 is 6.21. The van der Waals surface area contributed by atoms with Crippen molar-refractivity contribution in [2.24, 2.45) is 4.99 Å². The number of amides is 1. The van der Waals surface area contributed by atoms with Crippen LogP contribution in [0.2, 0.25) is 5.02 Å². The maximum Gasteiger partial charge on any atom is 0.272 e. The highest BCUT2D eigenvalue weighted by Crippen LogP contribution is 2.29. The van der Waals surface area contributed by atoms with Crippen LogP contribution in [0.4, 0.5) is 0 Å². The van der Waals surface area contributed by atoms with E-state index in [0.717, 1.165) is 61.9 Å². The molecule has 0 atom stereocenters. The third-order valence-corrected chi connectivity index (χ3v) is 7.07. The van der Waals surface area contributed by atoms with Crippen LogP contribution in [0.1, 0.15) is 82.6 Å². The van der Waals surface area contributed by atoms with Crippen molar-refractivity contribution in [3.63, 3.8) is 0 Å². The van der Waals surface area contributed by atoms with Gasteiger partial charge in [0.05, 0.1) is 6.10 Å². The number of carbonyl (C=O) groups excluding carboxylic acids is 1. The van der Waals surface area contributed by atoms with Crippen LogP contribution in [0.5, 0.6) is 5.75 Å². The van der Waals surface area contributed by atoms with Crippen LogP contribution in [-0.4, -0.2) is 35.2 Å². The molecule has 1 fully saturated rings. The van der Waals surface area contributed by atoms with Gasteiger partial charge in [-0.15, -0.1) is 0 Å².